The normalized spacial score (nSPS) is 11.6. The van der Waals surface area contributed by atoms with Gasteiger partial charge in [0.25, 0.3) is 0 Å². The van der Waals surface area contributed by atoms with Gasteiger partial charge in [-0.1, -0.05) is 33.8 Å². The molecule has 38 heavy (non-hydrogen) atoms. The van der Waals surface area contributed by atoms with Crippen molar-refractivity contribution in [2.45, 2.75) is 41.5 Å². The summed E-state index contributed by atoms with van der Waals surface area (Å²) in [5.41, 5.74) is 6.91. The molecule has 0 spiro atoms. The molecule has 1 aliphatic heterocycles. The Labute approximate surface area is 223 Å². The molecule has 0 saturated carbocycles. The van der Waals surface area contributed by atoms with Gasteiger partial charge in [-0.05, 0) is 51.7 Å². The first kappa shape index (κ1) is 29.1. The Hall–Kier alpha value is -3.50. The number of aryl methyl sites for hydroxylation is 1. The Morgan fingerprint density at radius 3 is 2.03 bits per heavy atom. The third kappa shape index (κ3) is 5.97. The molecule has 0 amide bonds. The summed E-state index contributed by atoms with van der Waals surface area (Å²) in [4.78, 5) is 48.0. The molecule has 10 heteroatoms. The molecule has 0 bridgehead atoms. The van der Waals surface area contributed by atoms with Gasteiger partial charge in [-0.2, -0.15) is 0 Å². The second-order valence-electron chi connectivity index (χ2n) is 9.07. The van der Waals surface area contributed by atoms with Crippen LogP contribution in [0.15, 0.2) is 21.3 Å². The number of nitrogens with two attached hydrogens (primary N) is 1. The summed E-state index contributed by atoms with van der Waals surface area (Å²) in [6.07, 6.45) is 0. The number of carbonyl (C=O) groups is 2. The van der Waals surface area contributed by atoms with E-state index < -0.39 is 17.4 Å². The molecule has 1 aliphatic carbocycles. The molecule has 10 nitrogen and oxygen atoms in total. The highest BCUT2D eigenvalue weighted by atomic mass is 16.5. The average molecular weight is 527 g/mol. The van der Waals surface area contributed by atoms with E-state index in [4.69, 9.17) is 19.6 Å². The van der Waals surface area contributed by atoms with E-state index in [0.717, 1.165) is 26.2 Å². The van der Waals surface area contributed by atoms with E-state index >= 15 is 0 Å². The zero-order valence-electron chi connectivity index (χ0n) is 23.2. The lowest BCUT2D eigenvalue weighted by atomic mass is 10.0. The van der Waals surface area contributed by atoms with Gasteiger partial charge >= 0.3 is 11.9 Å². The number of aromatic nitrogens is 1. The highest BCUT2D eigenvalue weighted by Crippen LogP contribution is 2.34. The van der Waals surface area contributed by atoms with Gasteiger partial charge in [0, 0.05) is 18.7 Å². The number of anilines is 1. The predicted octanol–water partition coefficient (Wildman–Crippen LogP) is 3.49. The molecule has 1 aromatic rings. The first-order valence-corrected chi connectivity index (χ1v) is 13.1. The van der Waals surface area contributed by atoms with Crippen molar-refractivity contribution in [2.75, 3.05) is 58.2 Å². The van der Waals surface area contributed by atoms with Gasteiger partial charge in [0.1, 0.15) is 30.0 Å². The van der Waals surface area contributed by atoms with Gasteiger partial charge in [0.2, 0.25) is 5.43 Å². The number of fused-ring (bicyclic) bond motifs is 2. The summed E-state index contributed by atoms with van der Waals surface area (Å²) in [7, 11) is 0. The van der Waals surface area contributed by atoms with Gasteiger partial charge in [0.05, 0.1) is 11.3 Å². The van der Waals surface area contributed by atoms with E-state index in [1.807, 2.05) is 34.6 Å². The van der Waals surface area contributed by atoms with Crippen molar-refractivity contribution in [1.82, 2.24) is 14.8 Å². The lowest BCUT2D eigenvalue weighted by molar-refractivity contribution is 0.0460. The number of hydrogen-bond acceptors (Lipinski definition) is 10. The number of esters is 2. The second-order valence-corrected chi connectivity index (χ2v) is 9.07. The Kier molecular flexibility index (Phi) is 9.82. The first-order valence-electron chi connectivity index (χ1n) is 13.1. The van der Waals surface area contributed by atoms with Crippen molar-refractivity contribution in [3.63, 3.8) is 0 Å². The molecule has 0 unspecified atom stereocenters. The Bertz CT molecular complexity index is 1330. The maximum atomic E-state index is 13.1. The summed E-state index contributed by atoms with van der Waals surface area (Å²) >= 11 is 0. The van der Waals surface area contributed by atoms with Crippen LogP contribution >= 0.6 is 0 Å². The largest absolute Gasteiger partial charge is 0.461 e. The quantitative estimate of drug-likeness (QED) is 0.213. The predicted molar refractivity (Wildman–Crippen MR) is 147 cm³/mol. The van der Waals surface area contributed by atoms with Crippen LogP contribution in [0.2, 0.25) is 0 Å². The highest BCUT2D eigenvalue weighted by molar-refractivity contribution is 6.05. The number of likely N-dealkylation sites (N-methyl/N-ethyl adjacent to an activating group) is 2. The molecule has 0 atom stereocenters. The number of nitrogens with zero attached hydrogens (tertiary/aromatic N) is 3. The fraction of sp³-hybridized carbons (Fsp3) is 0.500. The van der Waals surface area contributed by atoms with Gasteiger partial charge in [0.15, 0.2) is 11.3 Å². The van der Waals surface area contributed by atoms with Crippen LogP contribution in [0.5, 0.6) is 0 Å². The molecule has 0 saturated heterocycles. The summed E-state index contributed by atoms with van der Waals surface area (Å²) in [5.74, 6) is -1.20. The van der Waals surface area contributed by atoms with E-state index in [-0.39, 0.29) is 52.6 Å². The third-order valence-corrected chi connectivity index (χ3v) is 6.90. The van der Waals surface area contributed by atoms with Gasteiger partial charge in [-0.15, -0.1) is 0 Å². The molecule has 206 valence electrons. The molecular formula is C28H38N4O6. The number of carbonyl (C=O) groups excluding carboxylic acids is 2. The Morgan fingerprint density at radius 2 is 1.47 bits per heavy atom. The van der Waals surface area contributed by atoms with E-state index in [1.165, 1.54) is 0 Å². The van der Waals surface area contributed by atoms with Crippen molar-refractivity contribution >= 4 is 28.7 Å². The SMILES string of the molecule is CCN(CC)CCOC(=O)c1c2nc3c(C(=O)OCCN(CC)CC)ccc(C)c3oc-2c(C)c(=O)c1N. The molecule has 1 aromatic carbocycles. The molecule has 0 radical (unpaired) electrons. The molecular weight excluding hydrogens is 488 g/mol. The highest BCUT2D eigenvalue weighted by Gasteiger charge is 2.30. The fourth-order valence-electron chi connectivity index (χ4n) is 4.33. The van der Waals surface area contributed by atoms with Crippen molar-refractivity contribution in [3.8, 4) is 11.5 Å². The zero-order valence-corrected chi connectivity index (χ0v) is 23.2. The minimum atomic E-state index is -0.769. The topological polar surface area (TPSA) is 128 Å². The van der Waals surface area contributed by atoms with E-state index in [0.29, 0.717) is 24.2 Å². The molecule has 2 aliphatic rings. The summed E-state index contributed by atoms with van der Waals surface area (Å²) in [6.45, 7) is 16.3. The van der Waals surface area contributed by atoms with Crippen LogP contribution in [0, 0.1) is 13.8 Å². The number of benzene rings is 2. The summed E-state index contributed by atoms with van der Waals surface area (Å²) in [6, 6.07) is 3.35. The summed E-state index contributed by atoms with van der Waals surface area (Å²) < 4.78 is 17.1. The number of rotatable bonds is 12. The molecule has 0 aromatic heterocycles. The Balaban J connectivity index is 2.07. The lowest BCUT2D eigenvalue weighted by Gasteiger charge is -2.19. The van der Waals surface area contributed by atoms with Gasteiger partial charge < -0.3 is 29.4 Å². The van der Waals surface area contributed by atoms with Gasteiger partial charge in [-0.25, -0.2) is 14.6 Å². The van der Waals surface area contributed by atoms with E-state index in [1.54, 1.807) is 19.1 Å². The molecule has 0 fully saturated rings. The average Bonchev–Trinajstić information content (AvgIpc) is 2.92. The van der Waals surface area contributed by atoms with Crippen LogP contribution in [0.3, 0.4) is 0 Å². The second kappa shape index (κ2) is 12.8. The monoisotopic (exact) mass is 526 g/mol. The number of hydrogen-bond donors (Lipinski definition) is 1. The number of ether oxygens (including phenoxy) is 2. The van der Waals surface area contributed by atoms with E-state index in [9.17, 15) is 14.4 Å². The number of nitrogen functional groups attached to an aromatic ring is 1. The molecule has 3 rings (SSSR count). The van der Waals surface area contributed by atoms with Crippen molar-refractivity contribution < 1.29 is 23.5 Å². The fourth-order valence-corrected chi connectivity index (χ4v) is 4.33. The zero-order chi connectivity index (χ0) is 28.0. The van der Waals surface area contributed by atoms with Gasteiger partial charge in [-0.3, -0.25) is 4.79 Å². The molecule has 2 N–H and O–H groups in total. The minimum absolute atomic E-state index is 0.0720. The maximum absolute atomic E-state index is 13.1. The lowest BCUT2D eigenvalue weighted by Crippen LogP contribution is -2.29. The smallest absolute Gasteiger partial charge is 0.342 e. The van der Waals surface area contributed by atoms with Crippen molar-refractivity contribution in [1.29, 1.82) is 0 Å². The minimum Gasteiger partial charge on any atom is -0.461 e. The molecule has 1 heterocycles. The van der Waals surface area contributed by atoms with Crippen LogP contribution in [0.25, 0.3) is 22.6 Å². The standard InChI is InChI=1S/C28H38N4O6/c1-7-31(8-2)13-15-36-27(34)19-12-11-17(5)25-22(19)30-23-20(21(29)24(33)18(6)26(23)38-25)28(35)37-16-14-32(9-3)10-4/h11-12H,7-10,13-16,29H2,1-6H3. The first-order chi connectivity index (χ1) is 18.2. The maximum Gasteiger partial charge on any atom is 0.342 e. The van der Waals surface area contributed by atoms with Crippen LogP contribution in [0.1, 0.15) is 59.5 Å². The van der Waals surface area contributed by atoms with Crippen molar-refractivity contribution in [2.24, 2.45) is 0 Å². The van der Waals surface area contributed by atoms with Crippen LogP contribution < -0.4 is 11.2 Å². The van der Waals surface area contributed by atoms with Crippen LogP contribution in [-0.2, 0) is 9.47 Å². The van der Waals surface area contributed by atoms with E-state index in [2.05, 4.69) is 14.8 Å². The van der Waals surface area contributed by atoms with Crippen LogP contribution in [-0.4, -0.2) is 79.2 Å². The third-order valence-electron chi connectivity index (χ3n) is 6.90. The van der Waals surface area contributed by atoms with Crippen molar-refractivity contribution in [3.05, 3.63) is 44.6 Å². The van der Waals surface area contributed by atoms with Crippen LogP contribution in [0.4, 0.5) is 5.69 Å². The summed E-state index contributed by atoms with van der Waals surface area (Å²) in [5, 5.41) is 0. The Morgan fingerprint density at radius 1 is 0.921 bits per heavy atom.